The number of hydrogen-bond acceptors (Lipinski definition) is 3. The van der Waals surface area contributed by atoms with Crippen molar-refractivity contribution in [1.82, 2.24) is 9.78 Å². The van der Waals surface area contributed by atoms with Crippen LogP contribution in [0.1, 0.15) is 115 Å². The molecule has 1 N–H and O–H groups in total. The van der Waals surface area contributed by atoms with Gasteiger partial charge >= 0.3 is 0 Å². The van der Waals surface area contributed by atoms with Gasteiger partial charge in [-0.3, -0.25) is 9.48 Å². The van der Waals surface area contributed by atoms with Crippen LogP contribution in [-0.2, 0) is 11.8 Å². The van der Waals surface area contributed by atoms with Crippen LogP contribution in [0.4, 0.5) is 5.82 Å². The Morgan fingerprint density at radius 2 is 1.39 bits per heavy atom. The molecule has 0 spiro atoms. The number of carbonyl (C=O) groups excluding carboxylic acids is 1. The molecule has 1 aromatic heterocycles. The summed E-state index contributed by atoms with van der Waals surface area (Å²) in [5, 5.41) is 15.8. The molecule has 0 aliphatic heterocycles. The molecule has 5 heteroatoms. The second-order valence-electron chi connectivity index (χ2n) is 7.89. The quantitative estimate of drug-likeness (QED) is 0.310. The second kappa shape index (κ2) is 16.2. The number of nitrogens with zero attached hydrogens (tertiary/aromatic N) is 3. The first kappa shape index (κ1) is 24.2. The van der Waals surface area contributed by atoms with E-state index in [1.165, 1.54) is 94.3 Å². The van der Waals surface area contributed by atoms with Gasteiger partial charge in [0.05, 0.1) is 6.20 Å². The maximum atomic E-state index is 12.0. The summed E-state index contributed by atoms with van der Waals surface area (Å²) in [6.45, 7) is 2.27. The lowest BCUT2D eigenvalue weighted by Crippen LogP contribution is -2.14. The largest absolute Gasteiger partial charge is 0.310 e. The van der Waals surface area contributed by atoms with Gasteiger partial charge in [-0.15, -0.1) is 0 Å². The fraction of sp³-hybridized carbons (Fsp3) is 0.783. The lowest BCUT2D eigenvalue weighted by molar-refractivity contribution is -0.116. The van der Waals surface area contributed by atoms with Gasteiger partial charge in [0.2, 0.25) is 5.91 Å². The van der Waals surface area contributed by atoms with Crippen LogP contribution in [0, 0.1) is 11.3 Å². The van der Waals surface area contributed by atoms with Crippen LogP contribution in [0.5, 0.6) is 0 Å². The van der Waals surface area contributed by atoms with E-state index < -0.39 is 0 Å². The van der Waals surface area contributed by atoms with Gasteiger partial charge in [0.1, 0.15) is 17.5 Å². The number of nitriles is 1. The van der Waals surface area contributed by atoms with Crippen molar-refractivity contribution < 1.29 is 4.79 Å². The third kappa shape index (κ3) is 11.1. The Hall–Kier alpha value is -1.83. The van der Waals surface area contributed by atoms with E-state index in [0.717, 1.165) is 12.8 Å². The van der Waals surface area contributed by atoms with Gasteiger partial charge < -0.3 is 5.32 Å². The van der Waals surface area contributed by atoms with Crippen molar-refractivity contribution in [3.8, 4) is 6.07 Å². The molecule has 0 saturated carbocycles. The molecule has 0 atom stereocenters. The number of anilines is 1. The summed E-state index contributed by atoms with van der Waals surface area (Å²) < 4.78 is 1.53. The molecule has 1 aromatic rings. The van der Waals surface area contributed by atoms with Crippen molar-refractivity contribution in [3.05, 3.63) is 11.8 Å². The van der Waals surface area contributed by atoms with E-state index in [9.17, 15) is 4.79 Å². The molecule has 0 saturated heterocycles. The third-order valence-corrected chi connectivity index (χ3v) is 5.32. The van der Waals surface area contributed by atoms with Crippen molar-refractivity contribution in [2.75, 3.05) is 5.32 Å². The average molecular weight is 389 g/mol. The molecule has 1 heterocycles. The van der Waals surface area contributed by atoms with Crippen LogP contribution in [0.3, 0.4) is 0 Å². The lowest BCUT2D eigenvalue weighted by Gasteiger charge is -2.06. The molecular formula is C23H40N4O. The minimum absolute atomic E-state index is 0.0326. The Balaban J connectivity index is 1.88. The van der Waals surface area contributed by atoms with Gasteiger partial charge in [0, 0.05) is 13.5 Å². The fourth-order valence-corrected chi connectivity index (χ4v) is 3.52. The van der Waals surface area contributed by atoms with Gasteiger partial charge in [0.15, 0.2) is 0 Å². The molecule has 158 valence electrons. The summed E-state index contributed by atoms with van der Waals surface area (Å²) in [7, 11) is 1.73. The normalized spacial score (nSPS) is 10.8. The van der Waals surface area contributed by atoms with Crippen LogP contribution in [-0.4, -0.2) is 15.7 Å². The molecule has 0 aromatic carbocycles. The summed E-state index contributed by atoms with van der Waals surface area (Å²) in [5.74, 6) is 0.461. The highest BCUT2D eigenvalue weighted by molar-refractivity contribution is 5.91. The first-order valence-electron chi connectivity index (χ1n) is 11.4. The highest BCUT2D eigenvalue weighted by atomic mass is 16.1. The van der Waals surface area contributed by atoms with Crippen molar-refractivity contribution in [3.63, 3.8) is 0 Å². The van der Waals surface area contributed by atoms with Crippen LogP contribution in [0.15, 0.2) is 6.20 Å². The van der Waals surface area contributed by atoms with Crippen LogP contribution in [0.25, 0.3) is 0 Å². The maximum Gasteiger partial charge on any atom is 0.225 e. The number of unbranched alkanes of at least 4 members (excludes halogenated alkanes) is 14. The van der Waals surface area contributed by atoms with Crippen LogP contribution >= 0.6 is 0 Å². The Bertz CT molecular complexity index is 574. The highest BCUT2D eigenvalue weighted by Gasteiger charge is 2.11. The van der Waals surface area contributed by atoms with E-state index in [-0.39, 0.29) is 5.91 Å². The molecule has 0 aliphatic carbocycles. The number of hydrogen-bond donors (Lipinski definition) is 1. The molecule has 0 aliphatic rings. The molecular weight excluding hydrogens is 348 g/mol. The molecule has 1 amide bonds. The predicted octanol–water partition coefficient (Wildman–Crippen LogP) is 6.49. The first-order chi connectivity index (χ1) is 13.7. The maximum absolute atomic E-state index is 12.0. The Morgan fingerprint density at radius 1 is 0.929 bits per heavy atom. The standard InChI is InChI=1S/C23H40N4O/c1-3-4-5-6-7-8-9-10-11-12-13-14-15-16-17-18-22(28)26-23-21(19-24)20-25-27(23)2/h20H,3-18H2,1-2H3,(H,26,28). The summed E-state index contributed by atoms with van der Waals surface area (Å²) >= 11 is 0. The number of nitrogens with one attached hydrogen (secondary N) is 1. The van der Waals surface area contributed by atoms with Crippen molar-refractivity contribution in [1.29, 1.82) is 5.26 Å². The monoisotopic (exact) mass is 388 g/mol. The van der Waals surface area contributed by atoms with E-state index in [4.69, 9.17) is 5.26 Å². The van der Waals surface area contributed by atoms with E-state index >= 15 is 0 Å². The Kier molecular flexibility index (Phi) is 14.0. The van der Waals surface area contributed by atoms with E-state index in [0.29, 0.717) is 17.8 Å². The average Bonchev–Trinajstić information content (AvgIpc) is 3.04. The Morgan fingerprint density at radius 3 is 1.86 bits per heavy atom. The van der Waals surface area contributed by atoms with E-state index in [2.05, 4.69) is 17.3 Å². The topological polar surface area (TPSA) is 70.7 Å². The summed E-state index contributed by atoms with van der Waals surface area (Å²) in [4.78, 5) is 12.0. The first-order valence-corrected chi connectivity index (χ1v) is 11.4. The summed E-state index contributed by atoms with van der Waals surface area (Å²) in [6.07, 6.45) is 21.8. The van der Waals surface area contributed by atoms with Crippen molar-refractivity contribution >= 4 is 11.7 Å². The predicted molar refractivity (Wildman–Crippen MR) is 116 cm³/mol. The highest BCUT2D eigenvalue weighted by Crippen LogP contribution is 2.15. The zero-order valence-corrected chi connectivity index (χ0v) is 18.1. The molecule has 0 bridgehead atoms. The van der Waals surface area contributed by atoms with Gasteiger partial charge in [-0.25, -0.2) is 0 Å². The van der Waals surface area contributed by atoms with Crippen molar-refractivity contribution in [2.24, 2.45) is 7.05 Å². The van der Waals surface area contributed by atoms with Gasteiger partial charge in [-0.1, -0.05) is 96.8 Å². The minimum Gasteiger partial charge on any atom is -0.310 e. The molecule has 28 heavy (non-hydrogen) atoms. The van der Waals surface area contributed by atoms with Gasteiger partial charge in [0.25, 0.3) is 0 Å². The number of amides is 1. The number of rotatable bonds is 17. The van der Waals surface area contributed by atoms with Gasteiger partial charge in [-0.2, -0.15) is 10.4 Å². The van der Waals surface area contributed by atoms with Crippen LogP contribution < -0.4 is 5.32 Å². The van der Waals surface area contributed by atoms with Crippen LogP contribution in [0.2, 0.25) is 0 Å². The summed E-state index contributed by atoms with van der Waals surface area (Å²) in [6, 6.07) is 2.05. The lowest BCUT2D eigenvalue weighted by atomic mass is 10.0. The molecule has 1 rings (SSSR count). The zero-order valence-electron chi connectivity index (χ0n) is 18.1. The van der Waals surface area contributed by atoms with E-state index in [1.54, 1.807) is 7.05 Å². The second-order valence-corrected chi connectivity index (χ2v) is 7.89. The molecule has 5 nitrogen and oxygen atoms in total. The number of carbonyl (C=O) groups is 1. The molecule has 0 fully saturated rings. The Labute approximate surface area is 171 Å². The molecule has 0 unspecified atom stereocenters. The summed E-state index contributed by atoms with van der Waals surface area (Å²) in [5.41, 5.74) is 0.410. The van der Waals surface area contributed by atoms with Crippen molar-refractivity contribution in [2.45, 2.75) is 110 Å². The smallest absolute Gasteiger partial charge is 0.225 e. The number of aryl methyl sites for hydroxylation is 1. The SMILES string of the molecule is CCCCCCCCCCCCCCCCCC(=O)Nc1c(C#N)cnn1C. The molecule has 0 radical (unpaired) electrons. The third-order valence-electron chi connectivity index (χ3n) is 5.32. The minimum atomic E-state index is -0.0326. The number of aromatic nitrogens is 2. The van der Waals surface area contributed by atoms with Gasteiger partial charge in [-0.05, 0) is 6.42 Å². The fourth-order valence-electron chi connectivity index (χ4n) is 3.52. The van der Waals surface area contributed by atoms with E-state index in [1.807, 2.05) is 6.07 Å². The zero-order chi connectivity index (χ0) is 20.5.